The van der Waals surface area contributed by atoms with Crippen LogP contribution in [0.1, 0.15) is 51.0 Å². The van der Waals surface area contributed by atoms with E-state index < -0.39 is 0 Å². The minimum absolute atomic E-state index is 0.485. The molecule has 0 unspecified atom stereocenters. The van der Waals surface area contributed by atoms with Crippen LogP contribution in [0.4, 0.5) is 5.69 Å². The Balaban J connectivity index is 1.96. The van der Waals surface area contributed by atoms with Gasteiger partial charge in [0.1, 0.15) is 6.07 Å². The lowest BCUT2D eigenvalue weighted by Gasteiger charge is -2.30. The number of nitrogens with zero attached hydrogens (tertiary/aromatic N) is 1. The van der Waals surface area contributed by atoms with E-state index >= 15 is 0 Å². The molecule has 0 aromatic heterocycles. The Morgan fingerprint density at radius 2 is 2.05 bits per heavy atom. The standard InChI is InChI=1S/C16H21ClN2/c1-2-4-12-7-9-13(10-8-12)19-16-6-3-5-15(17)14(16)11-18/h3,5-6,12-13,19H,2,4,7-10H2,1H3. The molecule has 1 aromatic rings. The highest BCUT2D eigenvalue weighted by Crippen LogP contribution is 2.31. The summed E-state index contributed by atoms with van der Waals surface area (Å²) in [7, 11) is 0. The Morgan fingerprint density at radius 3 is 2.68 bits per heavy atom. The molecule has 1 saturated carbocycles. The molecule has 1 N–H and O–H groups in total. The maximum absolute atomic E-state index is 9.17. The van der Waals surface area contributed by atoms with E-state index in [-0.39, 0.29) is 0 Å². The van der Waals surface area contributed by atoms with E-state index in [2.05, 4.69) is 18.3 Å². The first kappa shape index (κ1) is 14.2. The molecule has 0 heterocycles. The highest BCUT2D eigenvalue weighted by molar-refractivity contribution is 6.32. The van der Waals surface area contributed by atoms with E-state index in [4.69, 9.17) is 16.9 Å². The predicted octanol–water partition coefficient (Wildman–Crippen LogP) is 4.98. The van der Waals surface area contributed by atoms with Gasteiger partial charge in [-0.15, -0.1) is 0 Å². The fourth-order valence-electron chi connectivity index (χ4n) is 2.98. The predicted molar refractivity (Wildman–Crippen MR) is 80.4 cm³/mol. The lowest BCUT2D eigenvalue weighted by atomic mass is 9.83. The zero-order valence-corrected chi connectivity index (χ0v) is 12.2. The molecule has 3 heteroatoms. The summed E-state index contributed by atoms with van der Waals surface area (Å²) in [5.74, 6) is 0.901. The molecule has 1 aliphatic rings. The highest BCUT2D eigenvalue weighted by Gasteiger charge is 2.21. The van der Waals surface area contributed by atoms with Gasteiger partial charge in [-0.2, -0.15) is 5.26 Å². The summed E-state index contributed by atoms with van der Waals surface area (Å²) in [6.07, 6.45) is 7.63. The van der Waals surface area contributed by atoms with Gasteiger partial charge in [0.15, 0.2) is 0 Å². The summed E-state index contributed by atoms with van der Waals surface area (Å²) in [5.41, 5.74) is 1.45. The monoisotopic (exact) mass is 276 g/mol. The van der Waals surface area contributed by atoms with Crippen LogP contribution in [-0.4, -0.2) is 6.04 Å². The molecule has 0 saturated heterocycles. The number of hydrogen-bond donors (Lipinski definition) is 1. The van der Waals surface area contributed by atoms with Gasteiger partial charge in [-0.3, -0.25) is 0 Å². The average Bonchev–Trinajstić information content (AvgIpc) is 2.42. The third-order valence-corrected chi connectivity index (χ3v) is 4.34. The lowest BCUT2D eigenvalue weighted by Crippen LogP contribution is -2.26. The molecule has 0 radical (unpaired) electrons. The first-order valence-electron chi connectivity index (χ1n) is 7.19. The zero-order chi connectivity index (χ0) is 13.7. The Morgan fingerprint density at radius 1 is 1.32 bits per heavy atom. The molecule has 0 aliphatic heterocycles. The Kier molecular flexibility index (Phi) is 5.10. The van der Waals surface area contributed by atoms with Crippen molar-refractivity contribution in [2.24, 2.45) is 5.92 Å². The molecular formula is C16H21ClN2. The molecule has 0 spiro atoms. The largest absolute Gasteiger partial charge is 0.381 e. The van der Waals surface area contributed by atoms with Crippen LogP contribution in [0.2, 0.25) is 5.02 Å². The molecule has 1 fully saturated rings. The van der Waals surface area contributed by atoms with E-state index in [1.165, 1.54) is 38.5 Å². The maximum atomic E-state index is 9.17. The van der Waals surface area contributed by atoms with Crippen LogP contribution in [0.25, 0.3) is 0 Å². The van der Waals surface area contributed by atoms with Gasteiger partial charge in [-0.25, -0.2) is 0 Å². The van der Waals surface area contributed by atoms with Crippen molar-refractivity contribution in [1.29, 1.82) is 5.26 Å². The lowest BCUT2D eigenvalue weighted by molar-refractivity contribution is 0.319. The SMILES string of the molecule is CCCC1CCC(Nc2cccc(Cl)c2C#N)CC1. The number of hydrogen-bond acceptors (Lipinski definition) is 2. The highest BCUT2D eigenvalue weighted by atomic mass is 35.5. The molecule has 102 valence electrons. The third kappa shape index (κ3) is 3.64. The van der Waals surface area contributed by atoms with Gasteiger partial charge in [0.05, 0.1) is 16.3 Å². The van der Waals surface area contributed by atoms with Crippen LogP contribution in [0.5, 0.6) is 0 Å². The van der Waals surface area contributed by atoms with E-state index in [9.17, 15) is 0 Å². The molecule has 0 amide bonds. The summed E-state index contributed by atoms with van der Waals surface area (Å²) in [6.45, 7) is 2.26. The molecule has 2 nitrogen and oxygen atoms in total. The van der Waals surface area contributed by atoms with Gasteiger partial charge in [0.25, 0.3) is 0 Å². The fourth-order valence-corrected chi connectivity index (χ4v) is 3.20. The van der Waals surface area contributed by atoms with E-state index in [0.717, 1.165) is 11.6 Å². The Bertz CT molecular complexity index is 456. The van der Waals surface area contributed by atoms with Gasteiger partial charge in [-0.1, -0.05) is 37.4 Å². The van der Waals surface area contributed by atoms with Crippen LogP contribution in [0, 0.1) is 17.2 Å². The normalized spacial score (nSPS) is 22.8. The van der Waals surface area contributed by atoms with E-state index in [0.29, 0.717) is 16.6 Å². The average molecular weight is 277 g/mol. The topological polar surface area (TPSA) is 35.8 Å². The van der Waals surface area contributed by atoms with Crippen molar-refractivity contribution in [1.82, 2.24) is 0 Å². The first-order chi connectivity index (χ1) is 9.24. The number of halogens is 1. The summed E-state index contributed by atoms with van der Waals surface area (Å²) >= 11 is 6.05. The molecule has 19 heavy (non-hydrogen) atoms. The fraction of sp³-hybridized carbons (Fsp3) is 0.562. The number of nitrogens with one attached hydrogen (secondary N) is 1. The Labute approximate surface area is 120 Å². The summed E-state index contributed by atoms with van der Waals surface area (Å²) in [5, 5.41) is 13.2. The van der Waals surface area contributed by atoms with Gasteiger partial charge in [-0.05, 0) is 43.7 Å². The van der Waals surface area contributed by atoms with Crippen LogP contribution in [-0.2, 0) is 0 Å². The van der Waals surface area contributed by atoms with Gasteiger partial charge < -0.3 is 5.32 Å². The minimum Gasteiger partial charge on any atom is -0.381 e. The number of anilines is 1. The van der Waals surface area contributed by atoms with E-state index in [1.54, 1.807) is 6.07 Å². The molecule has 1 aliphatic carbocycles. The third-order valence-electron chi connectivity index (χ3n) is 4.03. The van der Waals surface area contributed by atoms with Gasteiger partial charge >= 0.3 is 0 Å². The van der Waals surface area contributed by atoms with Crippen LogP contribution < -0.4 is 5.32 Å². The van der Waals surface area contributed by atoms with Crippen molar-refractivity contribution >= 4 is 17.3 Å². The van der Waals surface area contributed by atoms with Gasteiger partial charge in [0, 0.05) is 6.04 Å². The van der Waals surface area contributed by atoms with Crippen molar-refractivity contribution in [3.8, 4) is 6.07 Å². The molecule has 0 bridgehead atoms. The summed E-state index contributed by atoms with van der Waals surface area (Å²) < 4.78 is 0. The number of benzene rings is 1. The van der Waals surface area contributed by atoms with Crippen molar-refractivity contribution in [2.75, 3.05) is 5.32 Å². The summed E-state index contributed by atoms with van der Waals surface area (Å²) in [6, 6.07) is 8.28. The minimum atomic E-state index is 0.485. The Hall–Kier alpha value is -1.20. The van der Waals surface area contributed by atoms with Crippen molar-refractivity contribution < 1.29 is 0 Å². The molecule has 1 aromatic carbocycles. The smallest absolute Gasteiger partial charge is 0.103 e. The summed E-state index contributed by atoms with van der Waals surface area (Å²) in [4.78, 5) is 0. The van der Waals surface area contributed by atoms with Crippen molar-refractivity contribution in [3.05, 3.63) is 28.8 Å². The second kappa shape index (κ2) is 6.82. The van der Waals surface area contributed by atoms with E-state index in [1.807, 2.05) is 12.1 Å². The zero-order valence-electron chi connectivity index (χ0n) is 11.5. The second-order valence-electron chi connectivity index (χ2n) is 5.42. The quantitative estimate of drug-likeness (QED) is 0.841. The van der Waals surface area contributed by atoms with Gasteiger partial charge in [0.2, 0.25) is 0 Å². The molecule has 2 rings (SSSR count). The first-order valence-corrected chi connectivity index (χ1v) is 7.57. The van der Waals surface area contributed by atoms with Crippen molar-refractivity contribution in [3.63, 3.8) is 0 Å². The molecule has 0 atom stereocenters. The van der Waals surface area contributed by atoms with Crippen molar-refractivity contribution in [2.45, 2.75) is 51.5 Å². The number of rotatable bonds is 4. The molecular weight excluding hydrogens is 256 g/mol. The number of nitriles is 1. The maximum Gasteiger partial charge on any atom is 0.103 e. The second-order valence-corrected chi connectivity index (χ2v) is 5.83. The van der Waals surface area contributed by atoms with Crippen LogP contribution in [0.3, 0.4) is 0 Å². The van der Waals surface area contributed by atoms with Crippen LogP contribution in [0.15, 0.2) is 18.2 Å². The van der Waals surface area contributed by atoms with Crippen LogP contribution >= 0.6 is 11.6 Å².